The van der Waals surface area contributed by atoms with E-state index in [-0.39, 0.29) is 23.2 Å². The molecule has 0 aliphatic heterocycles. The molecule has 12 heteroatoms. The number of nitrogens with one attached hydrogen (secondary N) is 1. The monoisotopic (exact) mass is 475 g/mol. The Kier molecular flexibility index (Phi) is 7.08. The summed E-state index contributed by atoms with van der Waals surface area (Å²) in [6.07, 6.45) is 5.07. The van der Waals surface area contributed by atoms with Gasteiger partial charge in [0.05, 0.1) is 12.3 Å². The van der Waals surface area contributed by atoms with Crippen LogP contribution in [0.3, 0.4) is 0 Å². The summed E-state index contributed by atoms with van der Waals surface area (Å²) >= 11 is 1.20. The van der Waals surface area contributed by atoms with E-state index in [1.807, 2.05) is 47.0 Å². The summed E-state index contributed by atoms with van der Waals surface area (Å²) in [4.78, 5) is 28.6. The fourth-order valence-electron chi connectivity index (χ4n) is 3.17. The third-order valence-corrected chi connectivity index (χ3v) is 5.67. The highest BCUT2D eigenvalue weighted by molar-refractivity contribution is 7.99. The van der Waals surface area contributed by atoms with E-state index in [1.54, 1.807) is 18.5 Å². The first-order valence-electron chi connectivity index (χ1n) is 10.2. The average molecular weight is 476 g/mol. The van der Waals surface area contributed by atoms with Gasteiger partial charge in [0.15, 0.2) is 22.5 Å². The third kappa shape index (κ3) is 5.18. The number of thioether (sulfide) groups is 1. The number of nitrogens with two attached hydrogens (primary N) is 1. The van der Waals surface area contributed by atoms with E-state index in [9.17, 15) is 9.59 Å². The SMILES string of the molecule is C=CCn1c(SCC(=O)Nc2c(C(N)=O)nnn2Cc2ccccc2)nnc1-c1ccncc1. The second kappa shape index (κ2) is 10.5. The molecule has 4 aromatic rings. The molecule has 3 heterocycles. The number of amides is 2. The van der Waals surface area contributed by atoms with Crippen molar-refractivity contribution in [1.82, 2.24) is 34.7 Å². The molecule has 3 aromatic heterocycles. The van der Waals surface area contributed by atoms with Crippen molar-refractivity contribution in [3.05, 3.63) is 78.8 Å². The summed E-state index contributed by atoms with van der Waals surface area (Å²) in [5.41, 5.74) is 7.09. The van der Waals surface area contributed by atoms with Crippen LogP contribution in [0.15, 0.2) is 72.7 Å². The van der Waals surface area contributed by atoms with Crippen molar-refractivity contribution in [3.8, 4) is 11.4 Å². The first-order chi connectivity index (χ1) is 16.6. The molecule has 0 spiro atoms. The van der Waals surface area contributed by atoms with Gasteiger partial charge in [0.2, 0.25) is 5.91 Å². The van der Waals surface area contributed by atoms with Crippen LogP contribution in [0.4, 0.5) is 5.82 Å². The van der Waals surface area contributed by atoms with E-state index in [1.165, 1.54) is 16.4 Å². The number of allylic oxidation sites excluding steroid dienone is 1. The molecule has 0 bridgehead atoms. The minimum Gasteiger partial charge on any atom is -0.364 e. The van der Waals surface area contributed by atoms with Crippen LogP contribution < -0.4 is 11.1 Å². The smallest absolute Gasteiger partial charge is 0.273 e. The minimum absolute atomic E-state index is 0.0142. The Labute approximate surface area is 199 Å². The highest BCUT2D eigenvalue weighted by atomic mass is 32.2. The largest absolute Gasteiger partial charge is 0.364 e. The molecule has 1 aromatic carbocycles. The fraction of sp³-hybridized carbons (Fsp3) is 0.136. The highest BCUT2D eigenvalue weighted by Gasteiger charge is 2.21. The number of pyridine rings is 1. The Bertz CT molecular complexity index is 1300. The van der Waals surface area contributed by atoms with Crippen molar-refractivity contribution in [2.75, 3.05) is 11.1 Å². The lowest BCUT2D eigenvalue weighted by molar-refractivity contribution is -0.113. The van der Waals surface area contributed by atoms with Gasteiger partial charge < -0.3 is 11.1 Å². The maximum absolute atomic E-state index is 12.8. The normalized spacial score (nSPS) is 10.7. The van der Waals surface area contributed by atoms with Crippen LogP contribution in [-0.4, -0.2) is 52.3 Å². The van der Waals surface area contributed by atoms with Crippen molar-refractivity contribution < 1.29 is 9.59 Å². The zero-order valence-electron chi connectivity index (χ0n) is 18.0. The lowest BCUT2D eigenvalue weighted by Crippen LogP contribution is -2.22. The molecule has 0 aliphatic carbocycles. The first kappa shape index (κ1) is 22.9. The quantitative estimate of drug-likeness (QED) is 0.261. The maximum atomic E-state index is 12.8. The topological polar surface area (TPSA) is 146 Å². The van der Waals surface area contributed by atoms with Crippen LogP contribution in [0.5, 0.6) is 0 Å². The Morgan fingerprint density at radius 1 is 1.09 bits per heavy atom. The summed E-state index contributed by atoms with van der Waals surface area (Å²) < 4.78 is 3.29. The molecular formula is C22H21N9O2S. The zero-order valence-corrected chi connectivity index (χ0v) is 18.9. The lowest BCUT2D eigenvalue weighted by Gasteiger charge is -2.10. The van der Waals surface area contributed by atoms with Crippen LogP contribution in [0.25, 0.3) is 11.4 Å². The Balaban J connectivity index is 1.50. The molecule has 34 heavy (non-hydrogen) atoms. The molecule has 0 saturated carbocycles. The molecule has 3 N–H and O–H groups in total. The molecule has 0 radical (unpaired) electrons. The number of hydrogen-bond donors (Lipinski definition) is 2. The number of aromatic nitrogens is 7. The standard InChI is InChI=1S/C22H21N9O2S/c1-2-12-30-20(16-8-10-24-11-9-16)27-28-22(30)34-14-17(32)25-21-18(19(23)33)26-29-31(21)13-15-6-4-3-5-7-15/h2-11H,1,12-14H2,(H2,23,33)(H,25,32). The van der Waals surface area contributed by atoms with Gasteiger partial charge in [-0.3, -0.25) is 19.1 Å². The predicted molar refractivity (Wildman–Crippen MR) is 127 cm³/mol. The van der Waals surface area contributed by atoms with E-state index in [2.05, 4.69) is 37.4 Å². The number of primary amides is 1. The molecule has 0 unspecified atom stereocenters. The van der Waals surface area contributed by atoms with Crippen LogP contribution in [0.2, 0.25) is 0 Å². The Morgan fingerprint density at radius 2 is 1.85 bits per heavy atom. The summed E-state index contributed by atoms with van der Waals surface area (Å²) in [7, 11) is 0. The Morgan fingerprint density at radius 3 is 2.56 bits per heavy atom. The predicted octanol–water partition coefficient (Wildman–Crippen LogP) is 2.00. The molecule has 11 nitrogen and oxygen atoms in total. The van der Waals surface area contributed by atoms with Gasteiger partial charge in [-0.2, -0.15) is 0 Å². The Hall–Kier alpha value is -4.32. The highest BCUT2D eigenvalue weighted by Crippen LogP contribution is 2.24. The van der Waals surface area contributed by atoms with Crippen molar-refractivity contribution in [3.63, 3.8) is 0 Å². The summed E-state index contributed by atoms with van der Waals surface area (Å²) in [5, 5.41) is 19.6. The van der Waals surface area contributed by atoms with E-state index >= 15 is 0 Å². The molecule has 0 aliphatic rings. The van der Waals surface area contributed by atoms with Gasteiger partial charge in [-0.25, -0.2) is 4.68 Å². The number of hydrogen-bond acceptors (Lipinski definition) is 8. The van der Waals surface area contributed by atoms with Gasteiger partial charge in [0.25, 0.3) is 5.91 Å². The second-order valence-corrected chi connectivity index (χ2v) is 8.01. The second-order valence-electron chi connectivity index (χ2n) is 7.07. The van der Waals surface area contributed by atoms with Crippen LogP contribution in [0.1, 0.15) is 16.1 Å². The van der Waals surface area contributed by atoms with Gasteiger partial charge >= 0.3 is 0 Å². The number of carbonyl (C=O) groups is 2. The molecule has 0 atom stereocenters. The van der Waals surface area contributed by atoms with Crippen molar-refractivity contribution in [2.24, 2.45) is 5.73 Å². The lowest BCUT2D eigenvalue weighted by atomic mass is 10.2. The van der Waals surface area contributed by atoms with E-state index < -0.39 is 5.91 Å². The van der Waals surface area contributed by atoms with Crippen molar-refractivity contribution >= 4 is 29.4 Å². The zero-order chi connectivity index (χ0) is 23.9. The summed E-state index contributed by atoms with van der Waals surface area (Å²) in [6.45, 7) is 4.57. The van der Waals surface area contributed by atoms with Crippen LogP contribution >= 0.6 is 11.8 Å². The molecule has 0 fully saturated rings. The van der Waals surface area contributed by atoms with E-state index in [0.717, 1.165) is 11.1 Å². The molecule has 0 saturated heterocycles. The van der Waals surface area contributed by atoms with Crippen molar-refractivity contribution in [1.29, 1.82) is 0 Å². The van der Waals surface area contributed by atoms with Crippen LogP contribution in [-0.2, 0) is 17.9 Å². The third-order valence-electron chi connectivity index (χ3n) is 4.70. The summed E-state index contributed by atoms with van der Waals surface area (Å²) in [5.74, 6) is -0.351. The number of benzene rings is 1. The van der Waals surface area contributed by atoms with E-state index in [0.29, 0.717) is 24.1 Å². The molecular weight excluding hydrogens is 454 g/mol. The van der Waals surface area contributed by atoms with Crippen molar-refractivity contribution in [2.45, 2.75) is 18.2 Å². The molecule has 2 amide bonds. The number of anilines is 1. The molecule has 172 valence electrons. The van der Waals surface area contributed by atoms with Gasteiger partial charge in [0.1, 0.15) is 0 Å². The number of carbonyl (C=O) groups excluding carboxylic acids is 2. The van der Waals surface area contributed by atoms with Crippen LogP contribution in [0, 0.1) is 0 Å². The van der Waals surface area contributed by atoms with E-state index in [4.69, 9.17) is 5.73 Å². The average Bonchev–Trinajstić information content (AvgIpc) is 3.43. The molecule has 4 rings (SSSR count). The van der Waals surface area contributed by atoms with Gasteiger partial charge in [-0.1, -0.05) is 53.4 Å². The number of nitrogens with zero attached hydrogens (tertiary/aromatic N) is 7. The number of rotatable bonds is 10. The maximum Gasteiger partial charge on any atom is 0.273 e. The minimum atomic E-state index is -0.782. The first-order valence-corrected chi connectivity index (χ1v) is 11.2. The summed E-state index contributed by atoms with van der Waals surface area (Å²) in [6, 6.07) is 13.1. The van der Waals surface area contributed by atoms with Gasteiger partial charge in [-0.15, -0.1) is 21.9 Å². The van der Waals surface area contributed by atoms with Gasteiger partial charge in [-0.05, 0) is 17.7 Å². The fourth-order valence-corrected chi connectivity index (χ4v) is 3.92. The van der Waals surface area contributed by atoms with Gasteiger partial charge in [0, 0.05) is 24.5 Å².